The summed E-state index contributed by atoms with van der Waals surface area (Å²) in [5, 5.41) is 9.70. The van der Waals surface area contributed by atoms with Crippen LogP contribution in [0.4, 0.5) is 13.2 Å². The van der Waals surface area contributed by atoms with E-state index in [-0.39, 0.29) is 28.8 Å². The molecule has 0 saturated heterocycles. The van der Waals surface area contributed by atoms with Crippen molar-refractivity contribution in [2.75, 3.05) is 0 Å². The van der Waals surface area contributed by atoms with Crippen molar-refractivity contribution in [1.82, 2.24) is 9.97 Å². The summed E-state index contributed by atoms with van der Waals surface area (Å²) in [7, 11) is 0. The Morgan fingerprint density at radius 3 is 2.38 bits per heavy atom. The van der Waals surface area contributed by atoms with Gasteiger partial charge in [0, 0.05) is 30.4 Å². The molecule has 176 valence electrons. The van der Waals surface area contributed by atoms with Gasteiger partial charge in [0.1, 0.15) is 5.76 Å². The fourth-order valence-corrected chi connectivity index (χ4v) is 4.19. The number of nitrogens with zero attached hydrogens (tertiary/aromatic N) is 1. The molecule has 34 heavy (non-hydrogen) atoms. The average molecular weight is 488 g/mol. The van der Waals surface area contributed by atoms with Crippen LogP contribution in [-0.4, -0.2) is 20.9 Å². The summed E-state index contributed by atoms with van der Waals surface area (Å²) < 4.78 is 43.9. The van der Waals surface area contributed by atoms with E-state index < -0.39 is 11.7 Å². The Balaban J connectivity index is 1.39. The molecular formula is C24H19F3N2O4S. The second-order valence-corrected chi connectivity index (χ2v) is 8.75. The number of hydrogen-bond acceptors (Lipinski definition) is 6. The third-order valence-electron chi connectivity index (χ3n) is 5.28. The zero-order chi connectivity index (χ0) is 24.5. The van der Waals surface area contributed by atoms with Crippen LogP contribution in [0.3, 0.4) is 0 Å². The van der Waals surface area contributed by atoms with E-state index in [0.29, 0.717) is 40.3 Å². The minimum absolute atomic E-state index is 0.0980. The molecule has 0 fully saturated rings. The van der Waals surface area contributed by atoms with Gasteiger partial charge >= 0.3 is 11.0 Å². The summed E-state index contributed by atoms with van der Waals surface area (Å²) in [5.74, 6) is 0.463. The molecule has 0 spiro atoms. The standard InChI is InChI=1S/C24H19F3N2O4S/c1-13-18(28-22(33-13)16-6-8-17(9-7-16)24(25,26)27)10-11-19(30)15-4-2-14(3-5-15)12-20-21(31)29-23(32)34-20/h2-9,31H,10-12H2,1H3,(H,29,32). The lowest BCUT2D eigenvalue weighted by Gasteiger charge is -2.06. The minimum atomic E-state index is -4.42. The van der Waals surface area contributed by atoms with Gasteiger partial charge in [-0.1, -0.05) is 35.6 Å². The Labute approximate surface area is 195 Å². The number of Topliss-reactive ketones (excluding diaryl/α,β-unsaturated/α-hetero) is 1. The summed E-state index contributed by atoms with van der Waals surface area (Å²) >= 11 is 0.935. The Bertz CT molecular complexity index is 1370. The number of carbonyl (C=O) groups is 1. The van der Waals surface area contributed by atoms with E-state index in [0.717, 1.165) is 29.0 Å². The van der Waals surface area contributed by atoms with Crippen molar-refractivity contribution in [3.63, 3.8) is 0 Å². The Morgan fingerprint density at radius 1 is 1.12 bits per heavy atom. The molecule has 0 unspecified atom stereocenters. The number of aryl methyl sites for hydroxylation is 2. The van der Waals surface area contributed by atoms with Crippen molar-refractivity contribution < 1.29 is 27.5 Å². The molecule has 2 aromatic carbocycles. The second-order valence-electron chi connectivity index (χ2n) is 7.68. The van der Waals surface area contributed by atoms with Crippen molar-refractivity contribution in [3.05, 3.63) is 91.2 Å². The smallest absolute Gasteiger partial charge is 0.416 e. The topological polar surface area (TPSA) is 96.2 Å². The highest BCUT2D eigenvalue weighted by atomic mass is 32.1. The second kappa shape index (κ2) is 9.30. The number of aromatic nitrogens is 2. The van der Waals surface area contributed by atoms with Gasteiger partial charge in [-0.25, -0.2) is 4.98 Å². The molecule has 0 bridgehead atoms. The molecule has 0 radical (unpaired) electrons. The maximum atomic E-state index is 12.8. The van der Waals surface area contributed by atoms with Crippen molar-refractivity contribution in [2.45, 2.75) is 32.4 Å². The summed E-state index contributed by atoms with van der Waals surface area (Å²) in [5.41, 5.74) is 1.59. The van der Waals surface area contributed by atoms with Crippen LogP contribution in [0.5, 0.6) is 5.88 Å². The Hall–Kier alpha value is -3.66. The van der Waals surface area contributed by atoms with E-state index in [1.807, 2.05) is 0 Å². The third kappa shape index (κ3) is 5.28. The fraction of sp³-hybridized carbons (Fsp3) is 0.208. The van der Waals surface area contributed by atoms with E-state index in [1.54, 1.807) is 31.2 Å². The summed E-state index contributed by atoms with van der Waals surface area (Å²) in [6.45, 7) is 1.69. The number of alkyl halides is 3. The van der Waals surface area contributed by atoms with Crippen LogP contribution in [-0.2, 0) is 19.0 Å². The number of nitrogens with one attached hydrogen (secondary N) is 1. The Morgan fingerprint density at radius 2 is 1.79 bits per heavy atom. The van der Waals surface area contributed by atoms with Crippen molar-refractivity contribution >= 4 is 17.1 Å². The SMILES string of the molecule is Cc1oc(-c2ccc(C(F)(F)F)cc2)nc1CCC(=O)c1ccc(Cc2sc(=O)[nH]c2O)cc1. The quantitative estimate of drug-likeness (QED) is 0.334. The van der Waals surface area contributed by atoms with Crippen LogP contribution in [0.1, 0.15) is 44.2 Å². The lowest BCUT2D eigenvalue weighted by molar-refractivity contribution is -0.137. The van der Waals surface area contributed by atoms with E-state index >= 15 is 0 Å². The van der Waals surface area contributed by atoms with Gasteiger partial charge in [0.15, 0.2) is 5.78 Å². The van der Waals surface area contributed by atoms with Gasteiger partial charge in [0.05, 0.1) is 16.1 Å². The van der Waals surface area contributed by atoms with Crippen LogP contribution in [0.15, 0.2) is 57.7 Å². The molecule has 0 aliphatic heterocycles. The highest BCUT2D eigenvalue weighted by Crippen LogP contribution is 2.31. The zero-order valence-corrected chi connectivity index (χ0v) is 18.7. The number of ketones is 1. The number of hydrogen-bond donors (Lipinski definition) is 2. The van der Waals surface area contributed by atoms with Gasteiger partial charge in [-0.05, 0) is 36.8 Å². The largest absolute Gasteiger partial charge is 0.494 e. The molecule has 10 heteroatoms. The molecule has 0 atom stereocenters. The average Bonchev–Trinajstić information content (AvgIpc) is 3.32. The van der Waals surface area contributed by atoms with Crippen molar-refractivity contribution in [1.29, 1.82) is 0 Å². The first kappa shape index (κ1) is 23.5. The van der Waals surface area contributed by atoms with Crippen LogP contribution >= 0.6 is 11.3 Å². The molecule has 0 aliphatic carbocycles. The molecule has 2 N–H and O–H groups in total. The number of halogens is 3. The number of aromatic amines is 1. The molecular weight excluding hydrogens is 469 g/mol. The molecule has 2 heterocycles. The predicted molar refractivity (Wildman–Crippen MR) is 120 cm³/mol. The lowest BCUT2D eigenvalue weighted by atomic mass is 10.0. The maximum Gasteiger partial charge on any atom is 0.416 e. The first-order valence-corrected chi connectivity index (χ1v) is 11.1. The number of rotatable bonds is 7. The molecule has 0 saturated carbocycles. The molecule has 4 rings (SSSR count). The molecule has 2 aromatic heterocycles. The van der Waals surface area contributed by atoms with E-state index in [4.69, 9.17) is 4.42 Å². The number of benzene rings is 2. The summed E-state index contributed by atoms with van der Waals surface area (Å²) in [4.78, 5) is 30.8. The van der Waals surface area contributed by atoms with Crippen molar-refractivity contribution in [2.24, 2.45) is 0 Å². The monoisotopic (exact) mass is 488 g/mol. The van der Waals surface area contributed by atoms with Gasteiger partial charge < -0.3 is 9.52 Å². The van der Waals surface area contributed by atoms with Crippen LogP contribution < -0.4 is 4.87 Å². The van der Waals surface area contributed by atoms with Gasteiger partial charge in [-0.3, -0.25) is 14.6 Å². The first-order valence-electron chi connectivity index (χ1n) is 10.3. The zero-order valence-electron chi connectivity index (χ0n) is 17.9. The van der Waals surface area contributed by atoms with Crippen LogP contribution in [0.2, 0.25) is 0 Å². The number of carbonyl (C=O) groups excluding carboxylic acids is 1. The number of thiazole rings is 1. The van der Waals surface area contributed by atoms with E-state index in [2.05, 4.69) is 9.97 Å². The number of H-pyrrole nitrogens is 1. The summed E-state index contributed by atoms with van der Waals surface area (Å²) in [6.07, 6.45) is -3.55. The van der Waals surface area contributed by atoms with Crippen molar-refractivity contribution in [3.8, 4) is 17.3 Å². The predicted octanol–water partition coefficient (Wildman–Crippen LogP) is 5.53. The molecule has 4 aromatic rings. The Kier molecular flexibility index (Phi) is 6.43. The normalized spacial score (nSPS) is 11.6. The number of aromatic hydroxyl groups is 1. The minimum Gasteiger partial charge on any atom is -0.494 e. The molecule has 6 nitrogen and oxygen atoms in total. The highest BCUT2D eigenvalue weighted by Gasteiger charge is 2.30. The molecule has 0 aliphatic rings. The van der Waals surface area contributed by atoms with Gasteiger partial charge in [0.2, 0.25) is 11.8 Å². The number of oxazole rings is 1. The highest BCUT2D eigenvalue weighted by molar-refractivity contribution is 7.09. The van der Waals surface area contributed by atoms with Crippen LogP contribution in [0.25, 0.3) is 11.5 Å². The summed E-state index contributed by atoms with van der Waals surface area (Å²) in [6, 6.07) is 11.5. The van der Waals surface area contributed by atoms with E-state index in [9.17, 15) is 27.9 Å². The van der Waals surface area contributed by atoms with Gasteiger partial charge in [-0.15, -0.1) is 0 Å². The molecule has 0 amide bonds. The first-order chi connectivity index (χ1) is 16.1. The van der Waals surface area contributed by atoms with E-state index in [1.165, 1.54) is 12.1 Å². The third-order valence-corrected chi connectivity index (χ3v) is 6.15. The fourth-order valence-electron chi connectivity index (χ4n) is 3.43. The van der Waals surface area contributed by atoms with Crippen LogP contribution in [0, 0.1) is 6.92 Å². The maximum absolute atomic E-state index is 12.8. The van der Waals surface area contributed by atoms with Gasteiger partial charge in [0.25, 0.3) is 0 Å². The lowest BCUT2D eigenvalue weighted by Crippen LogP contribution is -2.04. The van der Waals surface area contributed by atoms with Gasteiger partial charge in [-0.2, -0.15) is 13.2 Å².